The van der Waals surface area contributed by atoms with Crippen molar-refractivity contribution in [3.05, 3.63) is 11.6 Å². The van der Waals surface area contributed by atoms with Crippen LogP contribution < -0.4 is 5.73 Å². The number of piperidine rings is 1. The van der Waals surface area contributed by atoms with Crippen LogP contribution in [0.25, 0.3) is 0 Å². The highest BCUT2D eigenvalue weighted by Gasteiger charge is 2.11. The zero-order valence-electron chi connectivity index (χ0n) is 11.2. The highest BCUT2D eigenvalue weighted by atomic mass is 127. The molecule has 104 valence electrons. The first-order chi connectivity index (χ1) is 8.36. The summed E-state index contributed by atoms with van der Waals surface area (Å²) in [5, 5.41) is 0. The van der Waals surface area contributed by atoms with Gasteiger partial charge in [-0.15, -0.1) is 24.0 Å². The van der Waals surface area contributed by atoms with E-state index in [0.717, 1.165) is 32.0 Å². The number of guanidine groups is 1. The Kier molecular flexibility index (Phi) is 7.70. The van der Waals surface area contributed by atoms with Gasteiger partial charge in [0, 0.05) is 19.6 Å². The molecular weight excluding hydrogens is 337 g/mol. The normalized spacial score (nSPS) is 21.2. The SMILES string of the molecule is I.NC(=NCCC1=CCCCC1)N1CCCCC1. The van der Waals surface area contributed by atoms with E-state index in [2.05, 4.69) is 16.0 Å². The molecule has 1 aliphatic heterocycles. The average Bonchev–Trinajstić information content (AvgIpc) is 2.41. The van der Waals surface area contributed by atoms with Crippen molar-refractivity contribution in [1.82, 2.24) is 4.90 Å². The second kappa shape index (κ2) is 8.77. The Hall–Kier alpha value is -0.260. The molecule has 3 nitrogen and oxygen atoms in total. The van der Waals surface area contributed by atoms with Crippen LogP contribution in [0.2, 0.25) is 0 Å². The van der Waals surface area contributed by atoms with Crippen LogP contribution in [0.15, 0.2) is 16.6 Å². The largest absolute Gasteiger partial charge is 0.370 e. The van der Waals surface area contributed by atoms with E-state index < -0.39 is 0 Å². The first-order valence-electron chi connectivity index (χ1n) is 7.09. The number of nitrogens with two attached hydrogens (primary N) is 1. The molecule has 0 bridgehead atoms. The van der Waals surface area contributed by atoms with E-state index in [4.69, 9.17) is 5.73 Å². The first kappa shape index (κ1) is 15.8. The molecule has 0 radical (unpaired) electrons. The lowest BCUT2D eigenvalue weighted by molar-refractivity contribution is 0.338. The molecule has 0 aromatic carbocycles. The molecule has 2 aliphatic rings. The summed E-state index contributed by atoms with van der Waals surface area (Å²) < 4.78 is 0. The van der Waals surface area contributed by atoms with E-state index in [0.29, 0.717) is 0 Å². The number of likely N-dealkylation sites (tertiary alicyclic amines) is 1. The second-order valence-corrected chi connectivity index (χ2v) is 5.15. The molecular formula is C14H26IN3. The van der Waals surface area contributed by atoms with Gasteiger partial charge in [0.25, 0.3) is 0 Å². The van der Waals surface area contributed by atoms with Crippen LogP contribution in [0.5, 0.6) is 0 Å². The fourth-order valence-corrected chi connectivity index (χ4v) is 2.67. The molecule has 1 saturated heterocycles. The maximum atomic E-state index is 6.02. The highest BCUT2D eigenvalue weighted by molar-refractivity contribution is 14.0. The van der Waals surface area contributed by atoms with Crippen molar-refractivity contribution < 1.29 is 0 Å². The van der Waals surface area contributed by atoms with E-state index in [9.17, 15) is 0 Å². The fraction of sp³-hybridized carbons (Fsp3) is 0.786. The summed E-state index contributed by atoms with van der Waals surface area (Å²) >= 11 is 0. The topological polar surface area (TPSA) is 41.6 Å². The van der Waals surface area contributed by atoms with Gasteiger partial charge in [0.15, 0.2) is 5.96 Å². The summed E-state index contributed by atoms with van der Waals surface area (Å²) in [6, 6.07) is 0. The van der Waals surface area contributed by atoms with Gasteiger partial charge in [-0.25, -0.2) is 0 Å². The molecule has 0 atom stereocenters. The Morgan fingerprint density at radius 1 is 1.17 bits per heavy atom. The second-order valence-electron chi connectivity index (χ2n) is 5.15. The van der Waals surface area contributed by atoms with Crippen molar-refractivity contribution >= 4 is 29.9 Å². The quantitative estimate of drug-likeness (QED) is 0.362. The van der Waals surface area contributed by atoms with Crippen molar-refractivity contribution in [2.45, 2.75) is 51.4 Å². The monoisotopic (exact) mass is 363 g/mol. The van der Waals surface area contributed by atoms with Gasteiger partial charge in [0.1, 0.15) is 0 Å². The average molecular weight is 363 g/mol. The highest BCUT2D eigenvalue weighted by Crippen LogP contribution is 2.19. The number of nitrogens with zero attached hydrogens (tertiary/aromatic N) is 2. The Morgan fingerprint density at radius 3 is 2.61 bits per heavy atom. The van der Waals surface area contributed by atoms with Crippen LogP contribution >= 0.6 is 24.0 Å². The van der Waals surface area contributed by atoms with Crippen LogP contribution in [0.1, 0.15) is 51.4 Å². The van der Waals surface area contributed by atoms with Gasteiger partial charge in [0.2, 0.25) is 0 Å². The standard InChI is InChI=1S/C14H25N3.HI/c15-14(17-11-5-2-6-12-17)16-10-9-13-7-3-1-4-8-13;/h7H,1-6,8-12H2,(H2,15,16);1H. The van der Waals surface area contributed by atoms with Crippen molar-refractivity contribution in [2.75, 3.05) is 19.6 Å². The lowest BCUT2D eigenvalue weighted by Gasteiger charge is -2.27. The minimum absolute atomic E-state index is 0. The van der Waals surface area contributed by atoms with E-state index in [1.54, 1.807) is 5.57 Å². The van der Waals surface area contributed by atoms with Crippen molar-refractivity contribution in [3.63, 3.8) is 0 Å². The van der Waals surface area contributed by atoms with Gasteiger partial charge in [-0.1, -0.05) is 11.6 Å². The molecule has 0 amide bonds. The minimum atomic E-state index is 0. The maximum absolute atomic E-state index is 6.02. The third-order valence-corrected chi connectivity index (χ3v) is 3.77. The predicted molar refractivity (Wildman–Crippen MR) is 88.5 cm³/mol. The van der Waals surface area contributed by atoms with Gasteiger partial charge >= 0.3 is 0 Å². The van der Waals surface area contributed by atoms with Crippen LogP contribution in [-0.2, 0) is 0 Å². The fourth-order valence-electron chi connectivity index (χ4n) is 2.67. The van der Waals surface area contributed by atoms with E-state index >= 15 is 0 Å². The zero-order valence-corrected chi connectivity index (χ0v) is 13.6. The molecule has 4 heteroatoms. The van der Waals surface area contributed by atoms with Crippen molar-refractivity contribution in [2.24, 2.45) is 10.7 Å². The zero-order chi connectivity index (χ0) is 11.9. The molecule has 1 heterocycles. The molecule has 0 saturated carbocycles. The van der Waals surface area contributed by atoms with Crippen LogP contribution in [-0.4, -0.2) is 30.5 Å². The predicted octanol–water partition coefficient (Wildman–Crippen LogP) is 3.30. The molecule has 1 fully saturated rings. The molecule has 1 aliphatic carbocycles. The number of rotatable bonds is 3. The maximum Gasteiger partial charge on any atom is 0.191 e. The molecule has 0 spiro atoms. The van der Waals surface area contributed by atoms with Gasteiger partial charge in [-0.05, 0) is 51.4 Å². The van der Waals surface area contributed by atoms with Crippen LogP contribution in [0.4, 0.5) is 0 Å². The van der Waals surface area contributed by atoms with Gasteiger partial charge in [-0.2, -0.15) is 0 Å². The Balaban J connectivity index is 0.00000162. The number of allylic oxidation sites excluding steroid dienone is 1. The van der Waals surface area contributed by atoms with E-state index in [1.165, 1.54) is 44.9 Å². The van der Waals surface area contributed by atoms with Gasteiger partial charge in [0.05, 0.1) is 0 Å². The summed E-state index contributed by atoms with van der Waals surface area (Å²) in [7, 11) is 0. The van der Waals surface area contributed by atoms with E-state index in [-0.39, 0.29) is 24.0 Å². The Bertz CT molecular complexity index is 293. The molecule has 0 aromatic rings. The lowest BCUT2D eigenvalue weighted by atomic mass is 9.97. The molecule has 0 aromatic heterocycles. The number of aliphatic imine (C=N–C) groups is 1. The Labute approximate surface area is 128 Å². The number of hydrogen-bond acceptors (Lipinski definition) is 1. The summed E-state index contributed by atoms with van der Waals surface area (Å²) in [4.78, 5) is 6.76. The number of halogens is 1. The smallest absolute Gasteiger partial charge is 0.191 e. The molecule has 2 N–H and O–H groups in total. The molecule has 2 rings (SSSR count). The molecule has 0 unspecified atom stereocenters. The third-order valence-electron chi connectivity index (χ3n) is 3.77. The molecule has 18 heavy (non-hydrogen) atoms. The first-order valence-corrected chi connectivity index (χ1v) is 7.09. The van der Waals surface area contributed by atoms with Crippen LogP contribution in [0.3, 0.4) is 0 Å². The van der Waals surface area contributed by atoms with Gasteiger partial charge < -0.3 is 10.6 Å². The summed E-state index contributed by atoms with van der Waals surface area (Å²) in [5.74, 6) is 0.765. The van der Waals surface area contributed by atoms with E-state index in [1.807, 2.05) is 0 Å². The van der Waals surface area contributed by atoms with Crippen LogP contribution in [0, 0.1) is 0 Å². The summed E-state index contributed by atoms with van der Waals surface area (Å²) in [6.45, 7) is 3.06. The number of hydrogen-bond donors (Lipinski definition) is 1. The van der Waals surface area contributed by atoms with Crippen molar-refractivity contribution in [1.29, 1.82) is 0 Å². The van der Waals surface area contributed by atoms with Crippen molar-refractivity contribution in [3.8, 4) is 0 Å². The summed E-state index contributed by atoms with van der Waals surface area (Å²) in [6.07, 6.45) is 12.6. The van der Waals surface area contributed by atoms with Gasteiger partial charge in [-0.3, -0.25) is 4.99 Å². The minimum Gasteiger partial charge on any atom is -0.370 e. The third kappa shape index (κ3) is 5.16. The Morgan fingerprint density at radius 2 is 1.94 bits per heavy atom. The lowest BCUT2D eigenvalue weighted by Crippen LogP contribution is -2.40. The summed E-state index contributed by atoms with van der Waals surface area (Å²) in [5.41, 5.74) is 7.61.